The Morgan fingerprint density at radius 3 is 2.66 bits per heavy atom. The molecule has 38 heavy (non-hydrogen) atoms. The van der Waals surface area contributed by atoms with Crippen LogP contribution in [0.25, 0.3) is 0 Å². The van der Waals surface area contributed by atoms with E-state index in [1.807, 2.05) is 12.1 Å². The van der Waals surface area contributed by atoms with E-state index in [0.29, 0.717) is 29.6 Å². The van der Waals surface area contributed by atoms with Gasteiger partial charge in [0.25, 0.3) is 0 Å². The van der Waals surface area contributed by atoms with E-state index < -0.39 is 0 Å². The largest absolute Gasteiger partial charge is 0.381 e. The van der Waals surface area contributed by atoms with Crippen molar-refractivity contribution < 1.29 is 4.74 Å². The minimum Gasteiger partial charge on any atom is -0.381 e. The summed E-state index contributed by atoms with van der Waals surface area (Å²) in [5.74, 6) is 3.21. The van der Waals surface area contributed by atoms with Crippen molar-refractivity contribution in [2.24, 2.45) is 5.92 Å². The molecular weight excluding hydrogens is 516 g/mol. The molecule has 0 spiro atoms. The summed E-state index contributed by atoms with van der Waals surface area (Å²) in [4.78, 5) is 14.7. The zero-order chi connectivity index (χ0) is 26.5. The van der Waals surface area contributed by atoms with Crippen LogP contribution < -0.4 is 20.4 Å². The third kappa shape index (κ3) is 6.52. The smallest absolute Gasteiger partial charge is 0.232 e. The zero-order valence-corrected chi connectivity index (χ0v) is 24.3. The van der Waals surface area contributed by atoms with Crippen LogP contribution in [-0.4, -0.2) is 60.5 Å². The van der Waals surface area contributed by atoms with Crippen LogP contribution in [0.3, 0.4) is 0 Å². The van der Waals surface area contributed by atoms with Crippen molar-refractivity contribution in [3.05, 3.63) is 40.9 Å². The number of rotatable bonds is 6. The van der Waals surface area contributed by atoms with Gasteiger partial charge in [-0.15, -0.1) is 0 Å². The molecule has 9 heteroatoms. The molecule has 0 aliphatic carbocycles. The number of anilines is 3. The minimum absolute atomic E-state index is 0.0874. The first-order valence-corrected chi connectivity index (χ1v) is 15.0. The van der Waals surface area contributed by atoms with Crippen molar-refractivity contribution in [1.29, 1.82) is 0 Å². The lowest BCUT2D eigenvalue weighted by Crippen LogP contribution is -2.45. The number of benzene rings is 1. The Bertz CT molecular complexity index is 1110. The summed E-state index contributed by atoms with van der Waals surface area (Å²) in [7, 11) is 0. The van der Waals surface area contributed by atoms with Gasteiger partial charge in [0.05, 0.1) is 0 Å². The van der Waals surface area contributed by atoms with Crippen molar-refractivity contribution in [3.8, 4) is 0 Å². The molecule has 2 aromatic rings. The van der Waals surface area contributed by atoms with E-state index in [2.05, 4.69) is 52.5 Å². The molecule has 2 N–H and O–H groups in total. The van der Waals surface area contributed by atoms with Crippen LogP contribution in [0.15, 0.2) is 30.3 Å². The van der Waals surface area contributed by atoms with Crippen molar-refractivity contribution in [2.75, 3.05) is 54.5 Å². The third-order valence-corrected chi connectivity index (χ3v) is 8.96. The first kappa shape index (κ1) is 27.4. The second-order valence-electron chi connectivity index (χ2n) is 11.4. The standard InChI is InChI=1S/C29H41ClN6OS/c1-21-7-6-13-35(19-21)25-18-26(36-14-4-3-8-22(36)2)33-27(32-25)34-28(38)31-20-29(11-15-37-16-12-29)23-9-5-10-24(30)17-23/h5,9-10,17-18,21-22H,3-4,6-8,11-16,19-20H2,1-2H3,(H2,31,32,33,34,38)/t21-,22+/m1/s1. The summed E-state index contributed by atoms with van der Waals surface area (Å²) in [6.45, 7) is 9.86. The van der Waals surface area contributed by atoms with Crippen LogP contribution in [0.4, 0.5) is 17.6 Å². The van der Waals surface area contributed by atoms with Gasteiger partial charge in [-0.1, -0.05) is 30.7 Å². The highest BCUT2D eigenvalue weighted by Gasteiger charge is 2.35. The number of thiocarbonyl (C=S) groups is 1. The fourth-order valence-corrected chi connectivity index (χ4v) is 6.52. The summed E-state index contributed by atoms with van der Waals surface area (Å²) in [6.07, 6.45) is 7.96. The molecule has 0 unspecified atom stereocenters. The monoisotopic (exact) mass is 556 g/mol. The number of halogens is 1. The minimum atomic E-state index is -0.0874. The van der Waals surface area contributed by atoms with E-state index in [1.165, 1.54) is 37.7 Å². The molecule has 4 heterocycles. The highest BCUT2D eigenvalue weighted by molar-refractivity contribution is 7.80. The normalized spacial score (nSPS) is 23.7. The van der Waals surface area contributed by atoms with Crippen LogP contribution in [0.1, 0.15) is 64.4 Å². The Morgan fingerprint density at radius 2 is 1.89 bits per heavy atom. The highest BCUT2D eigenvalue weighted by atomic mass is 35.5. The molecule has 206 valence electrons. The quantitative estimate of drug-likeness (QED) is 0.434. The molecule has 1 aromatic carbocycles. The molecule has 1 aromatic heterocycles. The lowest BCUT2D eigenvalue weighted by Gasteiger charge is -2.38. The highest BCUT2D eigenvalue weighted by Crippen LogP contribution is 2.35. The fraction of sp³-hybridized carbons (Fsp3) is 0.621. The molecule has 0 amide bonds. The lowest BCUT2D eigenvalue weighted by atomic mass is 9.74. The van der Waals surface area contributed by atoms with E-state index in [-0.39, 0.29) is 5.41 Å². The summed E-state index contributed by atoms with van der Waals surface area (Å²) >= 11 is 12.1. The Balaban J connectivity index is 1.34. The average Bonchev–Trinajstić information content (AvgIpc) is 2.92. The van der Waals surface area contributed by atoms with E-state index >= 15 is 0 Å². The second-order valence-corrected chi connectivity index (χ2v) is 12.2. The van der Waals surface area contributed by atoms with Gasteiger partial charge in [-0.05, 0) is 87.7 Å². The molecule has 3 fully saturated rings. The number of nitrogens with one attached hydrogen (secondary N) is 2. The molecule has 0 radical (unpaired) electrons. The van der Waals surface area contributed by atoms with Gasteiger partial charge >= 0.3 is 0 Å². The van der Waals surface area contributed by atoms with E-state index in [1.54, 1.807) is 0 Å². The number of piperidine rings is 2. The van der Waals surface area contributed by atoms with Gasteiger partial charge in [-0.3, -0.25) is 0 Å². The molecule has 0 saturated carbocycles. The molecule has 5 rings (SSSR count). The van der Waals surface area contributed by atoms with E-state index in [4.69, 9.17) is 38.5 Å². The van der Waals surface area contributed by atoms with Gasteiger partial charge in [0, 0.05) is 61.9 Å². The number of nitrogens with zero attached hydrogens (tertiary/aromatic N) is 4. The summed E-state index contributed by atoms with van der Waals surface area (Å²) < 4.78 is 5.70. The summed E-state index contributed by atoms with van der Waals surface area (Å²) in [5.41, 5.74) is 1.14. The van der Waals surface area contributed by atoms with Crippen molar-refractivity contribution >= 4 is 46.5 Å². The lowest BCUT2D eigenvalue weighted by molar-refractivity contribution is 0.0515. The van der Waals surface area contributed by atoms with Gasteiger partial charge in [0.15, 0.2) is 5.11 Å². The van der Waals surface area contributed by atoms with Crippen molar-refractivity contribution in [1.82, 2.24) is 15.3 Å². The SMILES string of the molecule is C[C@@H]1CCCN(c2cc(N3CCCC[C@@H]3C)nc(NC(=S)NCC3(c4cccc(Cl)c4)CCOCC3)n2)C1. The van der Waals surface area contributed by atoms with Crippen LogP contribution in [0.5, 0.6) is 0 Å². The molecule has 3 aliphatic rings. The summed E-state index contributed by atoms with van der Waals surface area (Å²) in [5, 5.41) is 8.12. The maximum Gasteiger partial charge on any atom is 0.232 e. The molecule has 0 bridgehead atoms. The van der Waals surface area contributed by atoms with Gasteiger partial charge in [-0.2, -0.15) is 9.97 Å². The van der Waals surface area contributed by atoms with Crippen molar-refractivity contribution in [2.45, 2.75) is 70.3 Å². The second kappa shape index (κ2) is 12.3. The maximum atomic E-state index is 6.36. The topological polar surface area (TPSA) is 65.5 Å². The van der Waals surface area contributed by atoms with Gasteiger partial charge in [-0.25, -0.2) is 0 Å². The van der Waals surface area contributed by atoms with E-state index in [9.17, 15) is 0 Å². The van der Waals surface area contributed by atoms with Crippen LogP contribution in [0, 0.1) is 5.92 Å². The summed E-state index contributed by atoms with van der Waals surface area (Å²) in [6, 6.07) is 10.8. The van der Waals surface area contributed by atoms with Gasteiger partial charge in [0.1, 0.15) is 11.6 Å². The third-order valence-electron chi connectivity index (χ3n) is 8.48. The molecule has 3 saturated heterocycles. The van der Waals surface area contributed by atoms with E-state index in [0.717, 1.165) is 62.3 Å². The van der Waals surface area contributed by atoms with Crippen molar-refractivity contribution in [3.63, 3.8) is 0 Å². The molecule has 2 atom stereocenters. The maximum absolute atomic E-state index is 6.36. The zero-order valence-electron chi connectivity index (χ0n) is 22.7. The van der Waals surface area contributed by atoms with Crippen LogP contribution in [0.2, 0.25) is 5.02 Å². The molecule has 7 nitrogen and oxygen atoms in total. The van der Waals surface area contributed by atoms with Gasteiger partial charge < -0.3 is 25.2 Å². The number of ether oxygens (including phenoxy) is 1. The van der Waals surface area contributed by atoms with Gasteiger partial charge in [0.2, 0.25) is 5.95 Å². The first-order valence-electron chi connectivity index (χ1n) is 14.2. The average molecular weight is 557 g/mol. The molecule has 3 aliphatic heterocycles. The number of hydrogen-bond donors (Lipinski definition) is 2. The molecular formula is C29H41ClN6OS. The number of hydrogen-bond acceptors (Lipinski definition) is 6. The first-order chi connectivity index (χ1) is 18.4. The van der Waals surface area contributed by atoms with Crippen LogP contribution in [-0.2, 0) is 10.2 Å². The number of aromatic nitrogens is 2. The van der Waals surface area contributed by atoms with Crippen LogP contribution >= 0.6 is 23.8 Å². The predicted molar refractivity (Wildman–Crippen MR) is 161 cm³/mol. The fourth-order valence-electron chi connectivity index (χ4n) is 6.17. The Morgan fingerprint density at radius 1 is 1.08 bits per heavy atom. The Kier molecular flexibility index (Phi) is 8.91. The Hall–Kier alpha value is -2.16. The Labute approximate surface area is 237 Å². The predicted octanol–water partition coefficient (Wildman–Crippen LogP) is 5.78.